The summed E-state index contributed by atoms with van der Waals surface area (Å²) in [7, 11) is 3.33. The molecule has 4 nitrogen and oxygen atoms in total. The zero-order chi connectivity index (χ0) is 10.1. The molecule has 1 unspecified atom stereocenters. The summed E-state index contributed by atoms with van der Waals surface area (Å²) in [6.07, 6.45) is 0.969. The number of hydrogen-bond donors (Lipinski definition) is 2. The van der Waals surface area contributed by atoms with Crippen LogP contribution in [0.2, 0.25) is 0 Å². The Labute approximate surface area is 83.0 Å². The van der Waals surface area contributed by atoms with E-state index in [2.05, 4.69) is 5.32 Å². The number of carboxylic acids is 1. The van der Waals surface area contributed by atoms with Gasteiger partial charge < -0.3 is 15.2 Å². The quantitative estimate of drug-likeness (QED) is 0.565. The first kappa shape index (κ1) is 12.7. The van der Waals surface area contributed by atoms with E-state index < -0.39 is 12.0 Å². The molecule has 0 rings (SSSR count). The van der Waals surface area contributed by atoms with Crippen LogP contribution in [0.25, 0.3) is 0 Å². The number of nitrogens with one attached hydrogen (secondary N) is 1. The van der Waals surface area contributed by atoms with Gasteiger partial charge in [-0.2, -0.15) is 11.8 Å². The molecule has 0 spiro atoms. The molecule has 13 heavy (non-hydrogen) atoms. The van der Waals surface area contributed by atoms with Crippen molar-refractivity contribution in [3.05, 3.63) is 0 Å². The number of hydrogen-bond acceptors (Lipinski definition) is 4. The van der Waals surface area contributed by atoms with Crippen molar-refractivity contribution in [2.75, 3.05) is 32.3 Å². The number of thioether (sulfide) groups is 1. The van der Waals surface area contributed by atoms with Crippen LogP contribution in [0.3, 0.4) is 0 Å². The van der Waals surface area contributed by atoms with Crippen molar-refractivity contribution in [1.29, 1.82) is 0 Å². The number of ether oxygens (including phenoxy) is 1. The highest BCUT2D eigenvalue weighted by Crippen LogP contribution is 2.04. The van der Waals surface area contributed by atoms with E-state index in [4.69, 9.17) is 9.84 Å². The Morgan fingerprint density at radius 1 is 1.69 bits per heavy atom. The molecular formula is C8H17NO3S. The van der Waals surface area contributed by atoms with Gasteiger partial charge in [0, 0.05) is 19.5 Å². The van der Waals surface area contributed by atoms with E-state index in [0.717, 1.165) is 18.8 Å². The van der Waals surface area contributed by atoms with Gasteiger partial charge in [0.1, 0.15) is 6.04 Å². The Bertz CT molecular complexity index is 143. The second kappa shape index (κ2) is 8.34. The van der Waals surface area contributed by atoms with Gasteiger partial charge in [-0.05, 0) is 19.2 Å². The molecule has 0 saturated heterocycles. The maximum Gasteiger partial charge on any atom is 0.321 e. The molecule has 2 N–H and O–H groups in total. The van der Waals surface area contributed by atoms with Gasteiger partial charge in [-0.1, -0.05) is 0 Å². The maximum atomic E-state index is 10.5. The average Bonchev–Trinajstić information content (AvgIpc) is 2.10. The molecule has 0 aromatic carbocycles. The Kier molecular flexibility index (Phi) is 8.18. The normalized spacial score (nSPS) is 12.8. The molecular weight excluding hydrogens is 190 g/mol. The van der Waals surface area contributed by atoms with Gasteiger partial charge in [0.25, 0.3) is 0 Å². The van der Waals surface area contributed by atoms with Gasteiger partial charge in [0.15, 0.2) is 0 Å². The summed E-state index contributed by atoms with van der Waals surface area (Å²) in [6.45, 7) is 0.740. The predicted octanol–water partition coefficient (Wildman–Crippen LogP) is 0.429. The lowest BCUT2D eigenvalue weighted by molar-refractivity contribution is -0.138. The second-order valence-corrected chi connectivity index (χ2v) is 3.75. The largest absolute Gasteiger partial charge is 0.480 e. The standard InChI is InChI=1S/C8H17NO3S/c1-9-7(8(10)11)6-13-5-3-4-12-2/h7,9H,3-6H2,1-2H3,(H,10,11). The first-order valence-corrected chi connectivity index (χ1v) is 5.34. The van der Waals surface area contributed by atoms with Crippen molar-refractivity contribution in [3.63, 3.8) is 0 Å². The fourth-order valence-corrected chi connectivity index (χ4v) is 1.82. The lowest BCUT2D eigenvalue weighted by Gasteiger charge is -2.09. The summed E-state index contributed by atoms with van der Waals surface area (Å²) in [6, 6.07) is -0.437. The van der Waals surface area contributed by atoms with Gasteiger partial charge in [0.2, 0.25) is 0 Å². The molecule has 0 bridgehead atoms. The number of methoxy groups -OCH3 is 1. The third-order valence-corrected chi connectivity index (χ3v) is 2.71. The van der Waals surface area contributed by atoms with Gasteiger partial charge >= 0.3 is 5.97 Å². The van der Waals surface area contributed by atoms with Crippen molar-refractivity contribution in [1.82, 2.24) is 5.32 Å². The number of likely N-dealkylation sites (N-methyl/N-ethyl adjacent to an activating group) is 1. The van der Waals surface area contributed by atoms with Crippen molar-refractivity contribution in [2.24, 2.45) is 0 Å². The monoisotopic (exact) mass is 207 g/mol. The van der Waals surface area contributed by atoms with Crippen LogP contribution in [0.5, 0.6) is 0 Å². The molecule has 0 amide bonds. The van der Waals surface area contributed by atoms with E-state index >= 15 is 0 Å². The van der Waals surface area contributed by atoms with Crippen LogP contribution in [0, 0.1) is 0 Å². The highest BCUT2D eigenvalue weighted by molar-refractivity contribution is 7.99. The first-order valence-electron chi connectivity index (χ1n) is 4.19. The molecule has 1 atom stereocenters. The Morgan fingerprint density at radius 2 is 2.38 bits per heavy atom. The molecule has 0 aromatic heterocycles. The average molecular weight is 207 g/mol. The molecule has 0 fully saturated rings. The number of carbonyl (C=O) groups is 1. The van der Waals surface area contributed by atoms with Crippen LogP contribution in [-0.4, -0.2) is 49.4 Å². The van der Waals surface area contributed by atoms with E-state index in [-0.39, 0.29) is 0 Å². The third-order valence-electron chi connectivity index (χ3n) is 1.57. The minimum absolute atomic E-state index is 0.437. The molecule has 0 aliphatic rings. The second-order valence-electron chi connectivity index (χ2n) is 2.60. The number of rotatable bonds is 8. The zero-order valence-electron chi connectivity index (χ0n) is 8.08. The molecule has 0 heterocycles. The van der Waals surface area contributed by atoms with Crippen LogP contribution in [0.1, 0.15) is 6.42 Å². The van der Waals surface area contributed by atoms with Gasteiger partial charge in [-0.15, -0.1) is 0 Å². The molecule has 78 valence electrons. The summed E-state index contributed by atoms with van der Waals surface area (Å²) in [5, 5.41) is 11.4. The predicted molar refractivity (Wildman–Crippen MR) is 54.3 cm³/mol. The van der Waals surface area contributed by atoms with E-state index in [9.17, 15) is 4.79 Å². The van der Waals surface area contributed by atoms with Crippen molar-refractivity contribution in [2.45, 2.75) is 12.5 Å². The summed E-state index contributed by atoms with van der Waals surface area (Å²) < 4.78 is 4.88. The third kappa shape index (κ3) is 6.86. The Morgan fingerprint density at radius 3 is 2.85 bits per heavy atom. The first-order chi connectivity index (χ1) is 6.22. The van der Waals surface area contributed by atoms with Gasteiger partial charge in [-0.3, -0.25) is 4.79 Å². The van der Waals surface area contributed by atoms with Gasteiger partial charge in [-0.25, -0.2) is 0 Å². The molecule has 5 heteroatoms. The fourth-order valence-electron chi connectivity index (χ4n) is 0.785. The molecule has 0 aliphatic carbocycles. The Hall–Kier alpha value is -0.260. The smallest absolute Gasteiger partial charge is 0.321 e. The van der Waals surface area contributed by atoms with E-state index in [0.29, 0.717) is 5.75 Å². The summed E-state index contributed by atoms with van der Waals surface area (Å²) >= 11 is 1.63. The van der Waals surface area contributed by atoms with Crippen LogP contribution in [-0.2, 0) is 9.53 Å². The lowest BCUT2D eigenvalue weighted by Crippen LogP contribution is -2.36. The van der Waals surface area contributed by atoms with E-state index in [1.54, 1.807) is 25.9 Å². The van der Waals surface area contributed by atoms with Crippen LogP contribution >= 0.6 is 11.8 Å². The van der Waals surface area contributed by atoms with Gasteiger partial charge in [0.05, 0.1) is 0 Å². The van der Waals surface area contributed by atoms with Crippen LogP contribution < -0.4 is 5.32 Å². The molecule has 0 radical (unpaired) electrons. The van der Waals surface area contributed by atoms with Crippen LogP contribution in [0.15, 0.2) is 0 Å². The zero-order valence-corrected chi connectivity index (χ0v) is 8.89. The number of aliphatic carboxylic acids is 1. The highest BCUT2D eigenvalue weighted by atomic mass is 32.2. The van der Waals surface area contributed by atoms with Crippen molar-refractivity contribution < 1.29 is 14.6 Å². The maximum absolute atomic E-state index is 10.5. The molecule has 0 aliphatic heterocycles. The minimum atomic E-state index is -0.790. The van der Waals surface area contributed by atoms with Crippen LogP contribution in [0.4, 0.5) is 0 Å². The SMILES string of the molecule is CNC(CSCCCOC)C(=O)O. The Balaban J connectivity index is 3.33. The van der Waals surface area contributed by atoms with Crippen molar-refractivity contribution in [3.8, 4) is 0 Å². The number of carboxylic acid groups (broad SMARTS) is 1. The summed E-state index contributed by atoms with van der Waals surface area (Å²) in [4.78, 5) is 10.5. The topological polar surface area (TPSA) is 58.6 Å². The van der Waals surface area contributed by atoms with E-state index in [1.165, 1.54) is 0 Å². The van der Waals surface area contributed by atoms with Crippen molar-refractivity contribution >= 4 is 17.7 Å². The fraction of sp³-hybridized carbons (Fsp3) is 0.875. The minimum Gasteiger partial charge on any atom is -0.480 e. The summed E-state index contributed by atoms with van der Waals surface area (Å²) in [5.41, 5.74) is 0. The lowest BCUT2D eigenvalue weighted by atomic mass is 10.3. The summed E-state index contributed by atoms with van der Waals surface area (Å²) in [5.74, 6) is 0.760. The molecule has 0 aromatic rings. The molecule has 0 saturated carbocycles. The van der Waals surface area contributed by atoms with E-state index in [1.807, 2.05) is 0 Å². The highest BCUT2D eigenvalue weighted by Gasteiger charge is 2.13.